The molecule has 0 heteroatoms. The van der Waals surface area contributed by atoms with E-state index >= 15 is 0 Å². The molecule has 0 bridgehead atoms. The molecule has 2 atom stereocenters. The van der Waals surface area contributed by atoms with Gasteiger partial charge in [-0.15, -0.1) is 0 Å². The Morgan fingerprint density at radius 3 is 2.33 bits per heavy atom. The maximum Gasteiger partial charge on any atom is -0.0329 e. The molecule has 0 N–H and O–H groups in total. The molecule has 0 radical (unpaired) electrons. The van der Waals surface area contributed by atoms with Crippen LogP contribution in [0.4, 0.5) is 0 Å². The Morgan fingerprint density at radius 1 is 1.00 bits per heavy atom. The van der Waals surface area contributed by atoms with Crippen molar-refractivity contribution in [3.05, 3.63) is 0 Å². The van der Waals surface area contributed by atoms with Crippen molar-refractivity contribution in [3.63, 3.8) is 0 Å². The van der Waals surface area contributed by atoms with E-state index in [0.29, 0.717) is 5.41 Å². The van der Waals surface area contributed by atoms with E-state index in [1.165, 1.54) is 32.1 Å². The highest BCUT2D eigenvalue weighted by Gasteiger charge is 2.27. The van der Waals surface area contributed by atoms with Gasteiger partial charge in [0.2, 0.25) is 0 Å². The smallest absolute Gasteiger partial charge is 0.0329 e. The molecule has 1 aliphatic rings. The molecule has 0 nitrogen and oxygen atoms in total. The van der Waals surface area contributed by atoms with Gasteiger partial charge in [-0.3, -0.25) is 0 Å². The molecular formula is C12H24. The van der Waals surface area contributed by atoms with Crippen molar-refractivity contribution in [1.29, 1.82) is 0 Å². The lowest BCUT2D eigenvalue weighted by atomic mass is 9.71. The molecule has 1 fully saturated rings. The minimum Gasteiger partial charge on any atom is -0.0625 e. The second kappa shape index (κ2) is 3.81. The molecule has 0 heterocycles. The van der Waals surface area contributed by atoms with Gasteiger partial charge in [-0.05, 0) is 30.1 Å². The summed E-state index contributed by atoms with van der Waals surface area (Å²) in [5, 5.41) is 0. The molecule has 0 spiro atoms. The molecule has 0 amide bonds. The molecule has 0 aromatic rings. The van der Waals surface area contributed by atoms with Crippen LogP contribution in [0.3, 0.4) is 0 Å². The van der Waals surface area contributed by atoms with E-state index < -0.39 is 0 Å². The summed E-state index contributed by atoms with van der Waals surface area (Å²) in [5.74, 6) is 1.89. The highest BCUT2D eigenvalue weighted by Crippen LogP contribution is 2.38. The molecule has 0 aliphatic heterocycles. The van der Waals surface area contributed by atoms with E-state index in [1.807, 2.05) is 0 Å². The van der Waals surface area contributed by atoms with Gasteiger partial charge in [-0.1, -0.05) is 47.0 Å². The van der Waals surface area contributed by atoms with Crippen LogP contribution in [-0.2, 0) is 0 Å². The molecule has 1 saturated carbocycles. The van der Waals surface area contributed by atoms with Crippen LogP contribution in [0.5, 0.6) is 0 Å². The van der Waals surface area contributed by atoms with Gasteiger partial charge in [0.1, 0.15) is 0 Å². The van der Waals surface area contributed by atoms with Crippen molar-refractivity contribution in [2.24, 2.45) is 17.3 Å². The average Bonchev–Trinajstić information content (AvgIpc) is 1.98. The Morgan fingerprint density at radius 2 is 1.67 bits per heavy atom. The molecule has 1 rings (SSSR count). The SMILES string of the molecule is CC1CCCC(C)(C)C(C)CC1. The van der Waals surface area contributed by atoms with Gasteiger partial charge >= 0.3 is 0 Å². The third-order valence-corrected chi connectivity index (χ3v) is 3.94. The van der Waals surface area contributed by atoms with Crippen LogP contribution in [0.2, 0.25) is 0 Å². The summed E-state index contributed by atoms with van der Waals surface area (Å²) in [7, 11) is 0. The summed E-state index contributed by atoms with van der Waals surface area (Å²) in [6.07, 6.45) is 7.21. The van der Waals surface area contributed by atoms with Crippen LogP contribution in [0.25, 0.3) is 0 Å². The van der Waals surface area contributed by atoms with Crippen molar-refractivity contribution in [1.82, 2.24) is 0 Å². The monoisotopic (exact) mass is 168 g/mol. The predicted molar refractivity (Wildman–Crippen MR) is 55.2 cm³/mol. The van der Waals surface area contributed by atoms with Gasteiger partial charge in [0.25, 0.3) is 0 Å². The lowest BCUT2D eigenvalue weighted by Gasteiger charge is -2.35. The Kier molecular flexibility index (Phi) is 3.20. The van der Waals surface area contributed by atoms with Crippen molar-refractivity contribution in [2.75, 3.05) is 0 Å². The summed E-state index contributed by atoms with van der Waals surface area (Å²) in [5.41, 5.74) is 0.597. The molecule has 0 aromatic carbocycles. The maximum atomic E-state index is 2.44. The molecule has 12 heavy (non-hydrogen) atoms. The summed E-state index contributed by atoms with van der Waals surface area (Å²) >= 11 is 0. The van der Waals surface area contributed by atoms with Gasteiger partial charge in [0.05, 0.1) is 0 Å². The lowest BCUT2D eigenvalue weighted by molar-refractivity contribution is 0.162. The van der Waals surface area contributed by atoms with E-state index in [9.17, 15) is 0 Å². The van der Waals surface area contributed by atoms with E-state index in [1.54, 1.807) is 0 Å². The van der Waals surface area contributed by atoms with Crippen molar-refractivity contribution < 1.29 is 0 Å². The van der Waals surface area contributed by atoms with Crippen LogP contribution in [-0.4, -0.2) is 0 Å². The average molecular weight is 168 g/mol. The topological polar surface area (TPSA) is 0 Å². The second-order valence-corrected chi connectivity index (χ2v) is 5.46. The fourth-order valence-electron chi connectivity index (χ4n) is 2.22. The molecule has 1 aliphatic carbocycles. The molecule has 0 saturated heterocycles. The van der Waals surface area contributed by atoms with E-state index in [4.69, 9.17) is 0 Å². The first kappa shape index (κ1) is 10.1. The van der Waals surface area contributed by atoms with Crippen LogP contribution in [0.15, 0.2) is 0 Å². The van der Waals surface area contributed by atoms with Gasteiger partial charge in [0.15, 0.2) is 0 Å². The first-order valence-electron chi connectivity index (χ1n) is 5.52. The second-order valence-electron chi connectivity index (χ2n) is 5.46. The Balaban J connectivity index is 2.50. The quantitative estimate of drug-likeness (QED) is 0.507. The third kappa shape index (κ3) is 2.50. The highest BCUT2D eigenvalue weighted by atomic mass is 14.3. The first-order valence-corrected chi connectivity index (χ1v) is 5.52. The standard InChI is InChI=1S/C12H24/c1-10-6-5-9-12(3,4)11(2)8-7-10/h10-11H,5-9H2,1-4H3. The van der Waals surface area contributed by atoms with Crippen LogP contribution >= 0.6 is 0 Å². The lowest BCUT2D eigenvalue weighted by Crippen LogP contribution is -2.24. The van der Waals surface area contributed by atoms with Gasteiger partial charge in [-0.25, -0.2) is 0 Å². The fourth-order valence-corrected chi connectivity index (χ4v) is 2.22. The van der Waals surface area contributed by atoms with Crippen LogP contribution in [0.1, 0.15) is 59.8 Å². The van der Waals surface area contributed by atoms with Gasteiger partial charge < -0.3 is 0 Å². The van der Waals surface area contributed by atoms with Gasteiger partial charge in [-0.2, -0.15) is 0 Å². The Hall–Kier alpha value is 0. The maximum absolute atomic E-state index is 2.44. The zero-order valence-electron chi connectivity index (χ0n) is 9.19. The number of hydrogen-bond acceptors (Lipinski definition) is 0. The Labute approximate surface area is 77.7 Å². The van der Waals surface area contributed by atoms with Crippen molar-refractivity contribution >= 4 is 0 Å². The first-order chi connectivity index (χ1) is 5.52. The normalized spacial score (nSPS) is 37.0. The minimum absolute atomic E-state index is 0.597. The van der Waals surface area contributed by atoms with Gasteiger partial charge in [0, 0.05) is 0 Å². The van der Waals surface area contributed by atoms with E-state index in [-0.39, 0.29) is 0 Å². The number of hydrogen-bond donors (Lipinski definition) is 0. The summed E-state index contributed by atoms with van der Waals surface area (Å²) < 4.78 is 0. The van der Waals surface area contributed by atoms with Crippen LogP contribution < -0.4 is 0 Å². The fraction of sp³-hybridized carbons (Fsp3) is 1.00. The third-order valence-electron chi connectivity index (χ3n) is 3.94. The van der Waals surface area contributed by atoms with E-state index in [0.717, 1.165) is 11.8 Å². The molecule has 2 unspecified atom stereocenters. The Bertz CT molecular complexity index is 135. The summed E-state index contributed by atoms with van der Waals surface area (Å²) in [4.78, 5) is 0. The van der Waals surface area contributed by atoms with Crippen molar-refractivity contribution in [3.8, 4) is 0 Å². The zero-order valence-corrected chi connectivity index (χ0v) is 9.19. The molecular weight excluding hydrogens is 144 g/mol. The van der Waals surface area contributed by atoms with Crippen molar-refractivity contribution in [2.45, 2.75) is 59.8 Å². The summed E-state index contributed by atoms with van der Waals surface area (Å²) in [6, 6.07) is 0. The number of rotatable bonds is 0. The van der Waals surface area contributed by atoms with Crippen LogP contribution in [0, 0.1) is 17.3 Å². The predicted octanol–water partition coefficient (Wildman–Crippen LogP) is 4.25. The molecule has 72 valence electrons. The summed E-state index contributed by atoms with van der Waals surface area (Å²) in [6.45, 7) is 9.71. The highest BCUT2D eigenvalue weighted by molar-refractivity contribution is 4.78. The molecule has 0 aromatic heterocycles. The minimum atomic E-state index is 0.597. The van der Waals surface area contributed by atoms with E-state index in [2.05, 4.69) is 27.7 Å². The largest absolute Gasteiger partial charge is 0.0625 e. The zero-order chi connectivity index (χ0) is 9.19.